The summed E-state index contributed by atoms with van der Waals surface area (Å²) in [6.07, 6.45) is 0. The minimum atomic E-state index is 0.663. The lowest BCUT2D eigenvalue weighted by Gasteiger charge is -2.19. The molecule has 0 amide bonds. The lowest BCUT2D eigenvalue weighted by Crippen LogP contribution is -2.15. The molecule has 1 aliphatic rings. The number of aryl methyl sites for hydroxylation is 1. The monoisotopic (exact) mass is 210 g/mol. The standard InChI is InChI=1S/C9H10O2.2C2H6/c1-7-3-2-4-8-9(7)11-6-5-10-8;2*1-2/h2-4H,5-6H2,1H3;2*1-2H3. The Morgan fingerprint density at radius 2 is 1.53 bits per heavy atom. The molecule has 2 nitrogen and oxygen atoms in total. The zero-order valence-electron chi connectivity index (χ0n) is 10.5. The summed E-state index contributed by atoms with van der Waals surface area (Å²) < 4.78 is 10.8. The second kappa shape index (κ2) is 8.16. The van der Waals surface area contributed by atoms with E-state index in [9.17, 15) is 0 Å². The average Bonchev–Trinajstić information content (AvgIpc) is 2.35. The highest BCUT2D eigenvalue weighted by molar-refractivity contribution is 5.46. The van der Waals surface area contributed by atoms with Gasteiger partial charge < -0.3 is 9.47 Å². The molecular formula is C13H22O2. The van der Waals surface area contributed by atoms with E-state index in [1.54, 1.807) is 0 Å². The number of hydrogen-bond donors (Lipinski definition) is 0. The Hall–Kier alpha value is -1.18. The molecule has 0 spiro atoms. The van der Waals surface area contributed by atoms with Gasteiger partial charge in [0.2, 0.25) is 0 Å². The Balaban J connectivity index is 0.000000442. The van der Waals surface area contributed by atoms with Crippen LogP contribution in [-0.2, 0) is 0 Å². The molecule has 0 N–H and O–H groups in total. The van der Waals surface area contributed by atoms with Gasteiger partial charge in [0.1, 0.15) is 13.2 Å². The lowest BCUT2D eigenvalue weighted by molar-refractivity contribution is 0.170. The van der Waals surface area contributed by atoms with Crippen molar-refractivity contribution in [1.29, 1.82) is 0 Å². The highest BCUT2D eigenvalue weighted by atomic mass is 16.6. The summed E-state index contributed by atoms with van der Waals surface area (Å²) in [4.78, 5) is 0. The maximum Gasteiger partial charge on any atom is 0.164 e. The molecule has 0 saturated carbocycles. The first kappa shape index (κ1) is 13.8. The molecule has 1 aromatic rings. The minimum Gasteiger partial charge on any atom is -0.486 e. The summed E-state index contributed by atoms with van der Waals surface area (Å²) >= 11 is 0. The summed E-state index contributed by atoms with van der Waals surface area (Å²) in [5.41, 5.74) is 1.14. The lowest BCUT2D eigenvalue weighted by atomic mass is 10.2. The number of fused-ring (bicyclic) bond motifs is 1. The zero-order valence-corrected chi connectivity index (χ0v) is 10.5. The van der Waals surface area contributed by atoms with Crippen LogP contribution < -0.4 is 9.47 Å². The highest BCUT2D eigenvalue weighted by Gasteiger charge is 2.11. The molecule has 0 radical (unpaired) electrons. The summed E-state index contributed by atoms with van der Waals surface area (Å²) in [5, 5.41) is 0. The third kappa shape index (κ3) is 3.82. The smallest absolute Gasteiger partial charge is 0.164 e. The largest absolute Gasteiger partial charge is 0.486 e. The van der Waals surface area contributed by atoms with Gasteiger partial charge in [-0.15, -0.1) is 0 Å². The molecule has 1 aromatic carbocycles. The van der Waals surface area contributed by atoms with E-state index in [4.69, 9.17) is 9.47 Å². The fourth-order valence-electron chi connectivity index (χ4n) is 1.22. The first-order valence-corrected chi connectivity index (χ1v) is 5.73. The van der Waals surface area contributed by atoms with Crippen LogP contribution in [0.1, 0.15) is 33.3 Å². The van der Waals surface area contributed by atoms with E-state index in [1.807, 2.05) is 52.8 Å². The maximum absolute atomic E-state index is 5.43. The van der Waals surface area contributed by atoms with Crippen molar-refractivity contribution >= 4 is 0 Å². The highest BCUT2D eigenvalue weighted by Crippen LogP contribution is 2.32. The van der Waals surface area contributed by atoms with Gasteiger partial charge in [0.05, 0.1) is 0 Å². The fourth-order valence-corrected chi connectivity index (χ4v) is 1.22. The van der Waals surface area contributed by atoms with Gasteiger partial charge in [-0.05, 0) is 18.6 Å². The van der Waals surface area contributed by atoms with Gasteiger partial charge in [0.15, 0.2) is 11.5 Å². The van der Waals surface area contributed by atoms with Gasteiger partial charge in [-0.1, -0.05) is 39.8 Å². The van der Waals surface area contributed by atoms with Crippen LogP contribution in [0, 0.1) is 6.92 Å². The van der Waals surface area contributed by atoms with E-state index in [-0.39, 0.29) is 0 Å². The van der Waals surface area contributed by atoms with E-state index >= 15 is 0 Å². The quantitative estimate of drug-likeness (QED) is 0.648. The van der Waals surface area contributed by atoms with Gasteiger partial charge in [0.25, 0.3) is 0 Å². The van der Waals surface area contributed by atoms with Crippen LogP contribution in [0.2, 0.25) is 0 Å². The molecule has 15 heavy (non-hydrogen) atoms. The van der Waals surface area contributed by atoms with E-state index in [1.165, 1.54) is 0 Å². The van der Waals surface area contributed by atoms with Crippen molar-refractivity contribution in [2.24, 2.45) is 0 Å². The second-order valence-corrected chi connectivity index (χ2v) is 2.60. The molecule has 0 bridgehead atoms. The van der Waals surface area contributed by atoms with Crippen LogP contribution in [0.25, 0.3) is 0 Å². The van der Waals surface area contributed by atoms with E-state index in [0.717, 1.165) is 17.1 Å². The molecule has 2 heteroatoms. The summed E-state index contributed by atoms with van der Waals surface area (Å²) in [6, 6.07) is 5.93. The van der Waals surface area contributed by atoms with E-state index in [0.29, 0.717) is 13.2 Å². The molecule has 0 aromatic heterocycles. The van der Waals surface area contributed by atoms with E-state index < -0.39 is 0 Å². The number of ether oxygens (including phenoxy) is 2. The predicted octanol–water partition coefficient (Wildman–Crippen LogP) is 3.82. The summed E-state index contributed by atoms with van der Waals surface area (Å²) in [7, 11) is 0. The molecule has 0 saturated heterocycles. The molecule has 86 valence electrons. The number of para-hydroxylation sites is 1. The van der Waals surface area contributed by atoms with Crippen LogP contribution >= 0.6 is 0 Å². The Kier molecular flexibility index (Phi) is 7.51. The molecule has 0 unspecified atom stereocenters. The van der Waals surface area contributed by atoms with Crippen molar-refractivity contribution < 1.29 is 9.47 Å². The predicted molar refractivity (Wildman–Crippen MR) is 64.9 cm³/mol. The Morgan fingerprint density at radius 3 is 2.13 bits per heavy atom. The SMILES string of the molecule is CC.CC.Cc1cccc2c1OCCO2. The molecule has 0 fully saturated rings. The minimum absolute atomic E-state index is 0.663. The first-order chi connectivity index (χ1) is 7.38. The molecule has 0 aliphatic carbocycles. The van der Waals surface area contributed by atoms with Crippen LogP contribution in [0.3, 0.4) is 0 Å². The van der Waals surface area contributed by atoms with Gasteiger partial charge in [0, 0.05) is 0 Å². The molecule has 1 aliphatic heterocycles. The third-order valence-electron chi connectivity index (χ3n) is 1.76. The molecule has 1 heterocycles. The first-order valence-electron chi connectivity index (χ1n) is 5.73. The van der Waals surface area contributed by atoms with Crippen molar-refractivity contribution in [3.63, 3.8) is 0 Å². The van der Waals surface area contributed by atoms with Crippen molar-refractivity contribution in [1.82, 2.24) is 0 Å². The van der Waals surface area contributed by atoms with Gasteiger partial charge >= 0.3 is 0 Å². The Bertz CT molecular complexity index is 269. The van der Waals surface area contributed by atoms with Crippen molar-refractivity contribution in [2.75, 3.05) is 13.2 Å². The topological polar surface area (TPSA) is 18.5 Å². The van der Waals surface area contributed by atoms with Crippen LogP contribution in [0.4, 0.5) is 0 Å². The summed E-state index contributed by atoms with van der Waals surface area (Å²) in [5.74, 6) is 1.77. The van der Waals surface area contributed by atoms with Crippen molar-refractivity contribution in [3.05, 3.63) is 23.8 Å². The van der Waals surface area contributed by atoms with Gasteiger partial charge in [-0.25, -0.2) is 0 Å². The Morgan fingerprint density at radius 1 is 0.933 bits per heavy atom. The van der Waals surface area contributed by atoms with Crippen molar-refractivity contribution in [3.8, 4) is 11.5 Å². The van der Waals surface area contributed by atoms with Crippen LogP contribution in [0.5, 0.6) is 11.5 Å². The Labute approximate surface area is 93.2 Å². The van der Waals surface area contributed by atoms with Crippen molar-refractivity contribution in [2.45, 2.75) is 34.6 Å². The third-order valence-corrected chi connectivity index (χ3v) is 1.76. The normalized spacial score (nSPS) is 11.5. The number of rotatable bonds is 0. The average molecular weight is 210 g/mol. The van der Waals surface area contributed by atoms with Crippen LogP contribution in [-0.4, -0.2) is 13.2 Å². The summed E-state index contributed by atoms with van der Waals surface area (Å²) in [6.45, 7) is 11.3. The fraction of sp³-hybridized carbons (Fsp3) is 0.538. The number of benzene rings is 1. The van der Waals surface area contributed by atoms with E-state index in [2.05, 4.69) is 0 Å². The molecule has 2 rings (SSSR count). The number of hydrogen-bond acceptors (Lipinski definition) is 2. The molecule has 0 atom stereocenters. The van der Waals surface area contributed by atoms with Gasteiger partial charge in [-0.3, -0.25) is 0 Å². The maximum atomic E-state index is 5.43. The zero-order chi connectivity index (χ0) is 11.7. The van der Waals surface area contributed by atoms with Gasteiger partial charge in [-0.2, -0.15) is 0 Å². The second-order valence-electron chi connectivity index (χ2n) is 2.60. The van der Waals surface area contributed by atoms with Crippen LogP contribution in [0.15, 0.2) is 18.2 Å². The molecular weight excluding hydrogens is 188 g/mol.